The van der Waals surface area contributed by atoms with Crippen LogP contribution in [0.25, 0.3) is 0 Å². The fourth-order valence-electron chi connectivity index (χ4n) is 1.06. The summed E-state index contributed by atoms with van der Waals surface area (Å²) in [7, 11) is 1.57. The van der Waals surface area contributed by atoms with Crippen LogP contribution in [0.4, 0.5) is 11.8 Å². The van der Waals surface area contributed by atoms with Gasteiger partial charge in [0.1, 0.15) is 5.82 Å². The quantitative estimate of drug-likeness (QED) is 0.361. The molecule has 7 nitrogen and oxygen atoms in total. The van der Waals surface area contributed by atoms with E-state index in [-0.39, 0.29) is 12.6 Å². The average molecular weight is 213 g/mol. The van der Waals surface area contributed by atoms with Gasteiger partial charge in [0.15, 0.2) is 0 Å². The summed E-state index contributed by atoms with van der Waals surface area (Å²) in [6.45, 7) is 0.356. The number of methoxy groups -OCH3 is 1. The van der Waals surface area contributed by atoms with Crippen molar-refractivity contribution in [1.82, 2.24) is 9.97 Å². The molecule has 0 fully saturated rings. The third-order valence-corrected chi connectivity index (χ3v) is 1.72. The van der Waals surface area contributed by atoms with Gasteiger partial charge in [-0.15, -0.1) is 0 Å². The van der Waals surface area contributed by atoms with Crippen molar-refractivity contribution in [3.05, 3.63) is 12.3 Å². The third-order valence-electron chi connectivity index (χ3n) is 1.72. The van der Waals surface area contributed by atoms with Gasteiger partial charge in [0.2, 0.25) is 5.95 Å². The molecule has 0 radical (unpaired) electrons. The van der Waals surface area contributed by atoms with Crippen molar-refractivity contribution in [1.29, 1.82) is 0 Å². The topological polar surface area (TPSA) is 105 Å². The molecule has 0 spiro atoms. The summed E-state index contributed by atoms with van der Waals surface area (Å²) in [5, 5.41) is 12.0. The van der Waals surface area contributed by atoms with Crippen molar-refractivity contribution >= 4 is 11.8 Å². The number of hydrogen-bond acceptors (Lipinski definition) is 7. The summed E-state index contributed by atoms with van der Waals surface area (Å²) in [4.78, 5) is 7.89. The normalized spacial score (nSPS) is 12.2. The molecule has 84 valence electrons. The number of nitrogens with two attached hydrogens (primary N) is 1. The van der Waals surface area contributed by atoms with Crippen molar-refractivity contribution in [3.8, 4) is 0 Å². The van der Waals surface area contributed by atoms with E-state index in [1.165, 1.54) is 0 Å². The standard InChI is InChI=1S/C8H15N5O2/c1-15-5-6(4-14)11-7-2-3-10-8(12-7)13-9/h2-3,6,14H,4-5,9H2,1H3,(H2,10,11,12,13). The molecule has 1 aromatic heterocycles. The van der Waals surface area contributed by atoms with Crippen molar-refractivity contribution in [3.63, 3.8) is 0 Å². The fourth-order valence-corrected chi connectivity index (χ4v) is 1.06. The number of nitrogens with zero attached hydrogens (tertiary/aromatic N) is 2. The highest BCUT2D eigenvalue weighted by Gasteiger charge is 2.07. The number of aliphatic hydroxyl groups is 1. The highest BCUT2D eigenvalue weighted by atomic mass is 16.5. The molecule has 0 aliphatic heterocycles. The number of aliphatic hydroxyl groups excluding tert-OH is 1. The van der Waals surface area contributed by atoms with Crippen LogP contribution in [0.15, 0.2) is 12.3 Å². The van der Waals surface area contributed by atoms with Crippen LogP contribution in [-0.4, -0.2) is 41.4 Å². The van der Waals surface area contributed by atoms with Gasteiger partial charge >= 0.3 is 0 Å². The van der Waals surface area contributed by atoms with Gasteiger partial charge in [-0.05, 0) is 6.07 Å². The number of ether oxygens (including phenoxy) is 1. The van der Waals surface area contributed by atoms with Crippen LogP contribution in [-0.2, 0) is 4.74 Å². The number of rotatable bonds is 6. The summed E-state index contributed by atoms with van der Waals surface area (Å²) >= 11 is 0. The molecular formula is C8H15N5O2. The Balaban J connectivity index is 2.61. The van der Waals surface area contributed by atoms with Crippen LogP contribution < -0.4 is 16.6 Å². The Bertz CT molecular complexity index is 296. The van der Waals surface area contributed by atoms with Gasteiger partial charge in [-0.25, -0.2) is 10.8 Å². The van der Waals surface area contributed by atoms with Gasteiger partial charge in [0, 0.05) is 13.3 Å². The Kier molecular flexibility index (Phi) is 4.75. The molecule has 1 aromatic rings. The zero-order chi connectivity index (χ0) is 11.1. The minimum atomic E-state index is -0.199. The number of hydrazine groups is 1. The number of aromatic nitrogens is 2. The monoisotopic (exact) mass is 213 g/mol. The molecular weight excluding hydrogens is 198 g/mol. The van der Waals surface area contributed by atoms with E-state index in [1.54, 1.807) is 19.4 Å². The molecule has 0 saturated carbocycles. The lowest BCUT2D eigenvalue weighted by Crippen LogP contribution is -2.29. The molecule has 5 N–H and O–H groups in total. The maximum absolute atomic E-state index is 9.02. The van der Waals surface area contributed by atoms with Crippen LogP contribution in [0.1, 0.15) is 0 Å². The zero-order valence-corrected chi connectivity index (χ0v) is 8.47. The van der Waals surface area contributed by atoms with Gasteiger partial charge in [-0.3, -0.25) is 5.43 Å². The molecule has 1 rings (SSSR count). The minimum Gasteiger partial charge on any atom is -0.394 e. The molecule has 0 bridgehead atoms. The van der Waals surface area contributed by atoms with E-state index < -0.39 is 0 Å². The van der Waals surface area contributed by atoms with Crippen molar-refractivity contribution in [2.75, 3.05) is 31.1 Å². The van der Waals surface area contributed by atoms with Gasteiger partial charge in [0.25, 0.3) is 0 Å². The smallest absolute Gasteiger partial charge is 0.239 e. The summed E-state index contributed by atoms with van der Waals surface area (Å²) < 4.78 is 4.92. The molecule has 0 aliphatic carbocycles. The summed E-state index contributed by atoms with van der Waals surface area (Å²) in [5.74, 6) is 6.06. The van der Waals surface area contributed by atoms with E-state index >= 15 is 0 Å². The second-order valence-electron chi connectivity index (χ2n) is 2.89. The number of nitrogen functional groups attached to an aromatic ring is 1. The van der Waals surface area contributed by atoms with Crippen LogP contribution >= 0.6 is 0 Å². The second kappa shape index (κ2) is 6.12. The molecule has 0 aromatic carbocycles. The molecule has 15 heavy (non-hydrogen) atoms. The maximum Gasteiger partial charge on any atom is 0.239 e. The van der Waals surface area contributed by atoms with E-state index in [1.807, 2.05) is 0 Å². The van der Waals surface area contributed by atoms with Gasteiger partial charge < -0.3 is 15.2 Å². The first-order chi connectivity index (χ1) is 7.30. The Morgan fingerprint density at radius 1 is 1.67 bits per heavy atom. The first-order valence-corrected chi connectivity index (χ1v) is 4.46. The van der Waals surface area contributed by atoms with E-state index in [0.717, 1.165) is 0 Å². The molecule has 0 aliphatic rings. The minimum absolute atomic E-state index is 0.0385. The average Bonchev–Trinajstić information content (AvgIpc) is 2.29. The van der Waals surface area contributed by atoms with Gasteiger partial charge in [0.05, 0.1) is 19.3 Å². The Morgan fingerprint density at radius 2 is 2.47 bits per heavy atom. The lowest BCUT2D eigenvalue weighted by atomic mass is 10.3. The lowest BCUT2D eigenvalue weighted by molar-refractivity contribution is 0.153. The molecule has 0 amide bonds. The first kappa shape index (κ1) is 11.6. The van der Waals surface area contributed by atoms with E-state index in [9.17, 15) is 0 Å². The highest BCUT2D eigenvalue weighted by Crippen LogP contribution is 2.06. The van der Waals surface area contributed by atoms with Gasteiger partial charge in [-0.1, -0.05) is 0 Å². The maximum atomic E-state index is 9.02. The Hall–Kier alpha value is -1.44. The number of nitrogens with one attached hydrogen (secondary N) is 2. The summed E-state index contributed by atoms with van der Waals surface area (Å²) in [5.41, 5.74) is 2.33. The van der Waals surface area contributed by atoms with E-state index in [0.29, 0.717) is 18.4 Å². The van der Waals surface area contributed by atoms with Crippen LogP contribution in [0.3, 0.4) is 0 Å². The highest BCUT2D eigenvalue weighted by molar-refractivity contribution is 5.39. The summed E-state index contributed by atoms with van der Waals surface area (Å²) in [6.07, 6.45) is 1.56. The van der Waals surface area contributed by atoms with E-state index in [4.69, 9.17) is 15.7 Å². The predicted molar refractivity (Wildman–Crippen MR) is 56.2 cm³/mol. The van der Waals surface area contributed by atoms with Crippen molar-refractivity contribution in [2.45, 2.75) is 6.04 Å². The Morgan fingerprint density at radius 3 is 3.07 bits per heavy atom. The van der Waals surface area contributed by atoms with Crippen LogP contribution in [0.2, 0.25) is 0 Å². The van der Waals surface area contributed by atoms with Gasteiger partial charge in [-0.2, -0.15) is 4.98 Å². The Labute approximate surface area is 87.6 Å². The van der Waals surface area contributed by atoms with Crippen LogP contribution in [0.5, 0.6) is 0 Å². The third kappa shape index (κ3) is 3.66. The van der Waals surface area contributed by atoms with Crippen molar-refractivity contribution < 1.29 is 9.84 Å². The predicted octanol–water partition coefficient (Wildman–Crippen LogP) is -0.819. The fraction of sp³-hybridized carbons (Fsp3) is 0.500. The molecule has 1 heterocycles. The lowest BCUT2D eigenvalue weighted by Gasteiger charge is -2.15. The zero-order valence-electron chi connectivity index (χ0n) is 8.47. The van der Waals surface area contributed by atoms with E-state index in [2.05, 4.69) is 20.7 Å². The molecule has 7 heteroatoms. The number of anilines is 2. The first-order valence-electron chi connectivity index (χ1n) is 4.46. The SMILES string of the molecule is COCC(CO)Nc1ccnc(NN)n1. The second-order valence-corrected chi connectivity index (χ2v) is 2.89. The largest absolute Gasteiger partial charge is 0.394 e. The molecule has 1 unspecified atom stereocenters. The van der Waals surface area contributed by atoms with Crippen molar-refractivity contribution in [2.24, 2.45) is 5.84 Å². The summed E-state index contributed by atoms with van der Waals surface area (Å²) in [6, 6.07) is 1.48. The number of hydrogen-bond donors (Lipinski definition) is 4. The van der Waals surface area contributed by atoms with Crippen LogP contribution in [0, 0.1) is 0 Å². The molecule has 0 saturated heterocycles. The molecule has 1 atom stereocenters.